The van der Waals surface area contributed by atoms with Gasteiger partial charge in [0.15, 0.2) is 11.6 Å². The molecule has 4 nitrogen and oxygen atoms in total. The normalized spacial score (nSPS) is 24.2. The van der Waals surface area contributed by atoms with Crippen LogP contribution in [-0.2, 0) is 9.59 Å². The van der Waals surface area contributed by atoms with Crippen molar-refractivity contribution in [1.29, 1.82) is 0 Å². The first-order valence-corrected chi connectivity index (χ1v) is 6.58. The van der Waals surface area contributed by atoms with Crippen molar-refractivity contribution in [3.8, 4) is 0 Å². The van der Waals surface area contributed by atoms with Gasteiger partial charge in [0.05, 0.1) is 5.92 Å². The molecule has 4 heteroatoms. The van der Waals surface area contributed by atoms with E-state index in [0.717, 1.165) is 6.42 Å². The molecular weight excluding hydrogens is 232 g/mol. The van der Waals surface area contributed by atoms with Crippen LogP contribution < -0.4 is 0 Å². The quantitative estimate of drug-likeness (QED) is 0.712. The van der Waals surface area contributed by atoms with Crippen molar-refractivity contribution in [1.82, 2.24) is 0 Å². The first kappa shape index (κ1) is 14.9. The van der Waals surface area contributed by atoms with Gasteiger partial charge in [0.1, 0.15) is 17.4 Å². The zero-order valence-electron chi connectivity index (χ0n) is 11.3. The molecule has 0 spiro atoms. The highest BCUT2D eigenvalue weighted by atomic mass is 16.3. The van der Waals surface area contributed by atoms with Crippen LogP contribution in [0.1, 0.15) is 46.5 Å². The van der Waals surface area contributed by atoms with Gasteiger partial charge in [-0.2, -0.15) is 0 Å². The highest BCUT2D eigenvalue weighted by molar-refractivity contribution is 6.23. The minimum Gasteiger partial charge on any atom is -0.509 e. The van der Waals surface area contributed by atoms with Gasteiger partial charge in [0.2, 0.25) is 0 Å². The van der Waals surface area contributed by atoms with Crippen molar-refractivity contribution < 1.29 is 19.8 Å². The van der Waals surface area contributed by atoms with Crippen LogP contribution in [0.25, 0.3) is 0 Å². The van der Waals surface area contributed by atoms with Crippen molar-refractivity contribution in [3.05, 3.63) is 11.3 Å². The van der Waals surface area contributed by atoms with Gasteiger partial charge in [-0.15, -0.1) is 0 Å². The third-order valence-corrected chi connectivity index (χ3v) is 3.31. The summed E-state index contributed by atoms with van der Waals surface area (Å²) >= 11 is 0. The molecule has 0 aromatic carbocycles. The molecule has 0 aliphatic heterocycles. The fourth-order valence-electron chi connectivity index (χ4n) is 2.23. The molecule has 102 valence electrons. The number of allylic oxidation sites excluding steroid dienone is 1. The summed E-state index contributed by atoms with van der Waals surface area (Å²) in [7, 11) is 0. The molecule has 18 heavy (non-hydrogen) atoms. The van der Waals surface area contributed by atoms with E-state index >= 15 is 0 Å². The number of hydrogen-bond donors (Lipinski definition) is 2. The van der Waals surface area contributed by atoms with Crippen LogP contribution in [0.3, 0.4) is 0 Å². The van der Waals surface area contributed by atoms with E-state index in [2.05, 4.69) is 0 Å². The van der Waals surface area contributed by atoms with Gasteiger partial charge in [-0.25, -0.2) is 0 Å². The topological polar surface area (TPSA) is 74.6 Å². The number of carbonyl (C=O) groups is 2. The predicted octanol–water partition coefficient (Wildman–Crippen LogP) is 2.16. The summed E-state index contributed by atoms with van der Waals surface area (Å²) in [6, 6.07) is 0. The lowest BCUT2D eigenvalue weighted by Gasteiger charge is -2.14. The summed E-state index contributed by atoms with van der Waals surface area (Å²) < 4.78 is 0. The van der Waals surface area contributed by atoms with Crippen molar-refractivity contribution in [2.45, 2.75) is 52.6 Å². The maximum absolute atomic E-state index is 12.1. The van der Waals surface area contributed by atoms with Crippen molar-refractivity contribution in [2.24, 2.45) is 11.8 Å². The average molecular weight is 254 g/mol. The lowest BCUT2D eigenvalue weighted by molar-refractivity contribution is -0.124. The average Bonchev–Trinajstić information content (AvgIpc) is 2.48. The minimum absolute atomic E-state index is 0.168. The van der Waals surface area contributed by atoms with Crippen LogP contribution >= 0.6 is 0 Å². The number of Topliss-reactive ketones (excluding diaryl/α,β-unsaturated/α-hetero) is 2. The maximum Gasteiger partial charge on any atom is 0.176 e. The summed E-state index contributed by atoms with van der Waals surface area (Å²) in [6.45, 7) is 5.89. The molecular formula is C14H22O4. The van der Waals surface area contributed by atoms with Crippen LogP contribution in [0.2, 0.25) is 0 Å². The monoisotopic (exact) mass is 254 g/mol. The fourth-order valence-corrected chi connectivity index (χ4v) is 2.23. The van der Waals surface area contributed by atoms with Crippen LogP contribution in [0.4, 0.5) is 0 Å². The van der Waals surface area contributed by atoms with Crippen LogP contribution in [0.5, 0.6) is 0 Å². The van der Waals surface area contributed by atoms with Gasteiger partial charge >= 0.3 is 0 Å². The molecule has 1 aliphatic rings. The predicted molar refractivity (Wildman–Crippen MR) is 68.1 cm³/mol. The molecule has 0 radical (unpaired) electrons. The summed E-state index contributed by atoms with van der Waals surface area (Å²) in [4.78, 5) is 23.8. The van der Waals surface area contributed by atoms with Gasteiger partial charge in [-0.05, 0) is 18.8 Å². The van der Waals surface area contributed by atoms with E-state index in [1.54, 1.807) is 0 Å². The molecule has 0 fully saturated rings. The van der Waals surface area contributed by atoms with E-state index < -0.39 is 17.8 Å². The van der Waals surface area contributed by atoms with E-state index in [1.165, 1.54) is 0 Å². The highest BCUT2D eigenvalue weighted by Crippen LogP contribution is 2.32. The largest absolute Gasteiger partial charge is 0.509 e. The third-order valence-electron chi connectivity index (χ3n) is 3.31. The Morgan fingerprint density at radius 1 is 1.39 bits per heavy atom. The van der Waals surface area contributed by atoms with Gasteiger partial charge in [0.25, 0.3) is 0 Å². The number of ketones is 2. The second kappa shape index (κ2) is 6.14. The molecule has 0 saturated carbocycles. The van der Waals surface area contributed by atoms with E-state index in [-0.39, 0.29) is 23.6 Å². The van der Waals surface area contributed by atoms with Crippen LogP contribution in [-0.4, -0.2) is 27.9 Å². The Kier molecular flexibility index (Phi) is 5.08. The summed E-state index contributed by atoms with van der Waals surface area (Å²) in [5.41, 5.74) is -0.168. The molecule has 2 N–H and O–H groups in total. The smallest absolute Gasteiger partial charge is 0.176 e. The molecule has 0 amide bonds. The van der Waals surface area contributed by atoms with Gasteiger partial charge < -0.3 is 10.2 Å². The first-order chi connectivity index (χ1) is 8.40. The number of rotatable bonds is 6. The molecule has 0 bridgehead atoms. The Hall–Kier alpha value is -1.16. The van der Waals surface area contributed by atoms with E-state index in [9.17, 15) is 19.8 Å². The van der Waals surface area contributed by atoms with Gasteiger partial charge in [-0.3, -0.25) is 9.59 Å². The Labute approximate surface area is 108 Å². The summed E-state index contributed by atoms with van der Waals surface area (Å²) in [5, 5.41) is 19.6. The Morgan fingerprint density at radius 3 is 2.50 bits per heavy atom. The van der Waals surface area contributed by atoms with Crippen LogP contribution in [0.15, 0.2) is 11.3 Å². The zero-order chi connectivity index (χ0) is 13.9. The third kappa shape index (κ3) is 2.99. The molecule has 0 aromatic heterocycles. The molecule has 2 unspecified atom stereocenters. The number of carbonyl (C=O) groups excluding carboxylic acids is 2. The minimum atomic E-state index is -1.20. The molecule has 0 heterocycles. The lowest BCUT2D eigenvalue weighted by atomic mass is 9.91. The Bertz CT molecular complexity index is 368. The second-order valence-electron chi connectivity index (χ2n) is 5.32. The summed E-state index contributed by atoms with van der Waals surface area (Å²) in [6.07, 6.45) is 0.942. The van der Waals surface area contributed by atoms with Crippen LogP contribution in [0, 0.1) is 11.8 Å². The van der Waals surface area contributed by atoms with E-state index in [0.29, 0.717) is 18.8 Å². The summed E-state index contributed by atoms with van der Waals surface area (Å²) in [5.74, 6) is -1.40. The molecule has 1 rings (SSSR count). The van der Waals surface area contributed by atoms with Gasteiger partial charge in [0, 0.05) is 6.42 Å². The standard InChI is InChI=1S/C14H22O4/c1-4-5-10(15)11-12(16)9(7-6-8(2)3)13(17)14(11)18/h8-9,13,17-18H,4-7H2,1-3H3. The zero-order valence-corrected chi connectivity index (χ0v) is 11.3. The number of hydrogen-bond acceptors (Lipinski definition) is 4. The molecule has 0 saturated heterocycles. The Balaban J connectivity index is 2.82. The van der Waals surface area contributed by atoms with Crippen molar-refractivity contribution in [3.63, 3.8) is 0 Å². The second-order valence-corrected chi connectivity index (χ2v) is 5.32. The molecule has 2 atom stereocenters. The maximum atomic E-state index is 12.1. The first-order valence-electron chi connectivity index (χ1n) is 6.58. The fraction of sp³-hybridized carbons (Fsp3) is 0.714. The van der Waals surface area contributed by atoms with E-state index in [1.807, 2.05) is 20.8 Å². The Morgan fingerprint density at radius 2 is 2.00 bits per heavy atom. The van der Waals surface area contributed by atoms with E-state index in [4.69, 9.17) is 0 Å². The number of aliphatic hydroxyl groups excluding tert-OH is 2. The SMILES string of the molecule is CCCC(=O)C1=C(O)C(O)C(CCC(C)C)C1=O. The molecule has 0 aromatic rings. The van der Waals surface area contributed by atoms with Crippen molar-refractivity contribution in [2.75, 3.05) is 0 Å². The van der Waals surface area contributed by atoms with Gasteiger partial charge in [-0.1, -0.05) is 27.2 Å². The lowest BCUT2D eigenvalue weighted by Crippen LogP contribution is -2.23. The highest BCUT2D eigenvalue weighted by Gasteiger charge is 2.43. The number of aliphatic hydroxyl groups is 2. The molecule has 1 aliphatic carbocycles. The van der Waals surface area contributed by atoms with Crippen molar-refractivity contribution >= 4 is 11.6 Å².